The summed E-state index contributed by atoms with van der Waals surface area (Å²) in [4.78, 5) is 51.4. The topological polar surface area (TPSA) is 84.0 Å². The number of nitrogens with zero attached hydrogens (tertiary/aromatic N) is 2. The van der Waals surface area contributed by atoms with E-state index in [9.17, 15) is 19.2 Å². The van der Waals surface area contributed by atoms with Crippen LogP contribution in [0.4, 0.5) is 11.4 Å². The number of fused-ring (bicyclic) bond motifs is 5. The molecule has 0 aromatic heterocycles. The highest BCUT2D eigenvalue weighted by atomic mass is 35.5. The standard InChI is InChI=1S/C27H18Cl6N2O5/c1-12-9-15(40-24(39)13-10-17(36)34(11-13)14-5-3-2-4-6-14)7-8-16(12)35-22(37)18-19(23(35)38)26(31)21(29)20(28)25(18,30)27(26,32)33/h2-9,13,18-19H,10-11H2,1H3/t13-,18-,19+,25+,26+/m0/s1. The van der Waals surface area contributed by atoms with Crippen LogP contribution in [-0.2, 0) is 19.2 Å². The van der Waals surface area contributed by atoms with Gasteiger partial charge in [0.15, 0.2) is 4.33 Å². The van der Waals surface area contributed by atoms with Crippen molar-refractivity contribution in [3.8, 4) is 5.75 Å². The van der Waals surface area contributed by atoms with E-state index < -0.39 is 49.6 Å². The Kier molecular flexibility index (Phi) is 6.51. The average Bonchev–Trinajstić information content (AvgIpc) is 3.50. The smallest absolute Gasteiger partial charge is 0.316 e. The summed E-state index contributed by atoms with van der Waals surface area (Å²) in [5.41, 5.74) is 1.39. The van der Waals surface area contributed by atoms with Crippen molar-refractivity contribution in [1.29, 1.82) is 0 Å². The number of alkyl halides is 4. The maximum Gasteiger partial charge on any atom is 0.316 e. The minimum absolute atomic E-state index is 0.0203. The molecule has 2 bridgehead atoms. The van der Waals surface area contributed by atoms with Gasteiger partial charge in [0, 0.05) is 18.7 Å². The summed E-state index contributed by atoms with van der Waals surface area (Å²) < 4.78 is 3.55. The number of halogens is 6. The van der Waals surface area contributed by atoms with Crippen LogP contribution in [0.25, 0.3) is 0 Å². The van der Waals surface area contributed by atoms with E-state index in [0.717, 1.165) is 4.90 Å². The average molecular weight is 663 g/mol. The molecule has 6 rings (SSSR count). The molecular weight excluding hydrogens is 645 g/mol. The fourth-order valence-corrected chi connectivity index (χ4v) is 9.03. The summed E-state index contributed by atoms with van der Waals surface area (Å²) in [6.07, 6.45) is 0.0203. The predicted octanol–water partition coefficient (Wildman–Crippen LogP) is 5.90. The number of ether oxygens (including phenoxy) is 1. The minimum atomic E-state index is -2.02. The number of amides is 3. The normalized spacial score (nSPS) is 32.4. The van der Waals surface area contributed by atoms with Crippen molar-refractivity contribution < 1.29 is 23.9 Å². The number of hydrogen-bond donors (Lipinski definition) is 0. The second-order valence-electron chi connectivity index (χ2n) is 10.2. The molecule has 13 heteroatoms. The van der Waals surface area contributed by atoms with Crippen molar-refractivity contribution in [2.45, 2.75) is 27.4 Å². The van der Waals surface area contributed by atoms with Crippen molar-refractivity contribution in [2.24, 2.45) is 17.8 Å². The zero-order valence-electron chi connectivity index (χ0n) is 20.5. The molecule has 3 fully saturated rings. The Morgan fingerprint density at radius 2 is 1.48 bits per heavy atom. The number of para-hydroxylation sites is 1. The molecule has 2 aliphatic heterocycles. The fraction of sp³-hybridized carbons (Fsp3) is 0.333. The van der Waals surface area contributed by atoms with Crippen molar-refractivity contribution in [3.63, 3.8) is 0 Å². The van der Waals surface area contributed by atoms with Crippen LogP contribution in [0.5, 0.6) is 5.75 Å². The molecule has 7 nitrogen and oxygen atoms in total. The van der Waals surface area contributed by atoms with Crippen LogP contribution in [-0.4, -0.2) is 44.3 Å². The molecule has 4 aliphatic rings. The molecule has 0 N–H and O–H groups in total. The molecule has 208 valence electrons. The number of benzene rings is 2. The summed E-state index contributed by atoms with van der Waals surface area (Å²) in [6.45, 7) is 1.84. The molecule has 0 radical (unpaired) electrons. The van der Waals surface area contributed by atoms with Gasteiger partial charge in [0.1, 0.15) is 15.5 Å². The first kappa shape index (κ1) is 28.1. The van der Waals surface area contributed by atoms with Crippen molar-refractivity contribution in [1.82, 2.24) is 0 Å². The van der Waals surface area contributed by atoms with Gasteiger partial charge < -0.3 is 9.64 Å². The molecule has 2 heterocycles. The molecule has 2 aliphatic carbocycles. The molecule has 2 aromatic carbocycles. The van der Waals surface area contributed by atoms with E-state index in [-0.39, 0.29) is 40.4 Å². The maximum absolute atomic E-state index is 13.6. The van der Waals surface area contributed by atoms with Crippen molar-refractivity contribution >= 4 is 105 Å². The first-order valence-electron chi connectivity index (χ1n) is 12.1. The maximum atomic E-state index is 13.6. The zero-order chi connectivity index (χ0) is 28.9. The molecule has 0 spiro atoms. The summed E-state index contributed by atoms with van der Waals surface area (Å²) in [6, 6.07) is 13.5. The largest absolute Gasteiger partial charge is 0.426 e. The van der Waals surface area contributed by atoms with Gasteiger partial charge in [-0.2, -0.15) is 0 Å². The van der Waals surface area contributed by atoms with Gasteiger partial charge in [-0.3, -0.25) is 19.2 Å². The number of rotatable bonds is 4. The Balaban J connectivity index is 1.23. The highest BCUT2D eigenvalue weighted by Crippen LogP contribution is 2.77. The number of carbonyl (C=O) groups excluding carboxylic acids is 4. The molecule has 2 saturated heterocycles. The molecule has 3 amide bonds. The van der Waals surface area contributed by atoms with Crippen molar-refractivity contribution in [3.05, 3.63) is 64.2 Å². The Morgan fingerprint density at radius 1 is 0.900 bits per heavy atom. The van der Waals surface area contributed by atoms with Gasteiger partial charge >= 0.3 is 5.97 Å². The molecule has 0 unspecified atom stereocenters. The molecule has 1 saturated carbocycles. The van der Waals surface area contributed by atoms with E-state index in [1.165, 1.54) is 18.2 Å². The van der Waals surface area contributed by atoms with Gasteiger partial charge in [-0.25, -0.2) is 4.90 Å². The van der Waals surface area contributed by atoms with Gasteiger partial charge in [0.2, 0.25) is 17.7 Å². The quantitative estimate of drug-likeness (QED) is 0.176. The Morgan fingerprint density at radius 3 is 2.02 bits per heavy atom. The number of aryl methyl sites for hydroxylation is 1. The lowest BCUT2D eigenvalue weighted by Gasteiger charge is -2.34. The highest BCUT2D eigenvalue weighted by Gasteiger charge is 2.87. The van der Waals surface area contributed by atoms with Gasteiger partial charge in [-0.05, 0) is 42.8 Å². The van der Waals surface area contributed by atoms with Crippen LogP contribution >= 0.6 is 69.6 Å². The Bertz CT molecular complexity index is 1500. The van der Waals surface area contributed by atoms with Gasteiger partial charge in [-0.1, -0.05) is 64.6 Å². The molecular formula is C27H18Cl6N2O5. The van der Waals surface area contributed by atoms with Crippen molar-refractivity contribution in [2.75, 3.05) is 16.3 Å². The SMILES string of the molecule is Cc1cc(OC(=O)[C@H]2CC(=O)N(c3ccccc3)C2)ccc1N1C(=O)[C@@H]2[C@H](C1=O)[C@@]1(Cl)C(Cl)=C(Cl)[C@@]2(Cl)C1(Cl)Cl. The van der Waals surface area contributed by atoms with Crippen LogP contribution in [0.1, 0.15) is 12.0 Å². The highest BCUT2D eigenvalue weighted by molar-refractivity contribution is 6.67. The monoisotopic (exact) mass is 660 g/mol. The summed E-state index contributed by atoms with van der Waals surface area (Å²) in [5.74, 6) is -5.08. The van der Waals surface area contributed by atoms with Crippen LogP contribution in [0.2, 0.25) is 0 Å². The Labute approximate surface area is 258 Å². The third kappa shape index (κ3) is 3.45. The predicted molar refractivity (Wildman–Crippen MR) is 154 cm³/mol. The van der Waals surface area contributed by atoms with E-state index in [4.69, 9.17) is 74.3 Å². The fourth-order valence-electron chi connectivity index (χ4n) is 6.10. The first-order chi connectivity index (χ1) is 18.8. The number of esters is 1. The summed E-state index contributed by atoms with van der Waals surface area (Å²) in [7, 11) is 0. The van der Waals surface area contributed by atoms with E-state index in [1.54, 1.807) is 24.0 Å². The van der Waals surface area contributed by atoms with E-state index in [1.807, 2.05) is 18.2 Å². The first-order valence-corrected chi connectivity index (χ1v) is 14.4. The zero-order valence-corrected chi connectivity index (χ0v) is 25.0. The lowest BCUT2D eigenvalue weighted by Crippen LogP contribution is -2.50. The van der Waals surface area contributed by atoms with Crippen LogP contribution in [0.3, 0.4) is 0 Å². The number of imide groups is 1. The summed E-state index contributed by atoms with van der Waals surface area (Å²) >= 11 is 39.3. The third-order valence-electron chi connectivity index (χ3n) is 8.06. The van der Waals surface area contributed by atoms with E-state index in [2.05, 4.69) is 0 Å². The van der Waals surface area contributed by atoms with Gasteiger partial charge in [0.25, 0.3) is 0 Å². The second-order valence-corrected chi connectivity index (χ2v) is 13.5. The van der Waals surface area contributed by atoms with Gasteiger partial charge in [-0.15, -0.1) is 23.2 Å². The lowest BCUT2D eigenvalue weighted by molar-refractivity contribution is -0.139. The van der Waals surface area contributed by atoms with Crippen LogP contribution in [0, 0.1) is 24.7 Å². The number of hydrogen-bond acceptors (Lipinski definition) is 5. The number of anilines is 2. The Hall–Kier alpha value is -2.00. The van der Waals surface area contributed by atoms with E-state index >= 15 is 0 Å². The number of allylic oxidation sites excluding steroid dienone is 2. The third-order valence-corrected chi connectivity index (χ3v) is 12.3. The lowest BCUT2D eigenvalue weighted by atomic mass is 9.84. The van der Waals surface area contributed by atoms with Crippen LogP contribution in [0.15, 0.2) is 58.6 Å². The minimum Gasteiger partial charge on any atom is -0.426 e. The summed E-state index contributed by atoms with van der Waals surface area (Å²) in [5, 5.41) is -0.342. The molecule has 2 aromatic rings. The van der Waals surface area contributed by atoms with Crippen LogP contribution < -0.4 is 14.5 Å². The molecule has 5 atom stereocenters. The second kappa shape index (κ2) is 9.25. The molecule has 40 heavy (non-hydrogen) atoms. The van der Waals surface area contributed by atoms with E-state index in [0.29, 0.717) is 11.3 Å². The number of carbonyl (C=O) groups is 4. The van der Waals surface area contributed by atoms with Gasteiger partial charge in [0.05, 0.1) is 33.5 Å².